The van der Waals surface area contributed by atoms with Gasteiger partial charge in [-0.1, -0.05) is 0 Å². The van der Waals surface area contributed by atoms with Crippen molar-refractivity contribution in [3.63, 3.8) is 0 Å². The van der Waals surface area contributed by atoms with Crippen LogP contribution in [0.25, 0.3) is 0 Å². The summed E-state index contributed by atoms with van der Waals surface area (Å²) < 4.78 is 65.6. The molecule has 0 fully saturated rings. The molecule has 37 nitrogen and oxygen atoms in total. The van der Waals surface area contributed by atoms with E-state index in [4.69, 9.17) is 62.6 Å². The van der Waals surface area contributed by atoms with Gasteiger partial charge in [-0.25, -0.2) is 0 Å². The summed E-state index contributed by atoms with van der Waals surface area (Å²) in [4.78, 5) is 17.4. The Morgan fingerprint density at radius 3 is 0.620 bits per heavy atom. The van der Waals surface area contributed by atoms with Crippen LogP contribution in [-0.2, 0) is 61.6 Å². The first-order valence-corrected chi connectivity index (χ1v) is 30.8. The lowest BCUT2D eigenvalue weighted by Crippen LogP contribution is -2.55. The smallest absolute Gasteiger partial charge is 0.224 e. The van der Waals surface area contributed by atoms with Crippen molar-refractivity contribution < 1.29 is 164 Å². The van der Waals surface area contributed by atoms with Crippen LogP contribution in [0.3, 0.4) is 0 Å². The number of aliphatic hydroxyl groups excluding tert-OH is 20. The van der Waals surface area contributed by atoms with Gasteiger partial charge in [-0.05, 0) is 0 Å². The molecule has 0 radical (unpaired) electrons. The third-order valence-corrected chi connectivity index (χ3v) is 13.6. The minimum absolute atomic E-state index is 0.00999. The number of carbonyl (C=O) groups is 1. The van der Waals surface area contributed by atoms with E-state index in [0.717, 1.165) is 14.7 Å². The number of nitrogens with zero attached hydrogens (tertiary/aromatic N) is 3. The van der Waals surface area contributed by atoms with Crippen molar-refractivity contribution in [2.24, 2.45) is 5.73 Å². The zero-order valence-electron chi connectivity index (χ0n) is 52.8. The Morgan fingerprint density at radius 2 is 0.435 bits per heavy atom. The molecule has 552 valence electrons. The highest BCUT2D eigenvalue weighted by Gasteiger charge is 2.37. The summed E-state index contributed by atoms with van der Waals surface area (Å²) in [5.74, 6) is -0.663. The standard InChI is InChI=1S/C55H114N4O33/c56-2-8-82-10-12-84-14-16-86-18-20-88-22-24-90-26-28-92-30-29-91-27-25-89-23-21-87-19-17-85-15-13-83-11-9-81-7-1-47(72)59(5-3-57(31-39(64)48(73)52(77)43(68)35-60)32-40(65)49(74)53(78)44(69)36-61)6-4-58(33-41(66)50(75)54(79)45(70)37-62)34-42(67)51(76)55(80)46(71)38-63/h39-46,48-55,60-71,73-80H,1-38,56H2/t39-,40-,41-,42-,43+,44+,45+,46+,48+,49+,50+,51+,52+,53+,54+,55+/m0/s1. The zero-order chi connectivity index (χ0) is 68.9. The summed E-state index contributed by atoms with van der Waals surface area (Å²) in [6.07, 6.45) is -32.9. The molecule has 0 heterocycles. The number of ether oxygens (including phenoxy) is 12. The van der Waals surface area contributed by atoms with Crippen LogP contribution in [0, 0.1) is 0 Å². The van der Waals surface area contributed by atoms with Crippen molar-refractivity contribution >= 4 is 5.91 Å². The number of nitrogens with two attached hydrogens (primary N) is 1. The van der Waals surface area contributed by atoms with E-state index in [-0.39, 0.29) is 46.1 Å². The predicted octanol–water partition coefficient (Wildman–Crippen LogP) is -13.3. The van der Waals surface area contributed by atoms with Crippen molar-refractivity contribution in [3.05, 3.63) is 0 Å². The number of hydrogen-bond acceptors (Lipinski definition) is 36. The molecule has 0 aliphatic rings. The van der Waals surface area contributed by atoms with Crippen LogP contribution in [0.4, 0.5) is 0 Å². The molecule has 0 aromatic heterocycles. The third-order valence-electron chi connectivity index (χ3n) is 13.6. The molecule has 22 N–H and O–H groups in total. The van der Waals surface area contributed by atoms with Crippen LogP contribution in [-0.4, -0.2) is 464 Å². The van der Waals surface area contributed by atoms with Crippen LogP contribution < -0.4 is 5.73 Å². The monoisotopic (exact) mass is 1360 g/mol. The molecule has 0 bridgehead atoms. The van der Waals surface area contributed by atoms with Gasteiger partial charge >= 0.3 is 0 Å². The number of amides is 1. The normalized spacial score (nSPS) is 17.6. The van der Waals surface area contributed by atoms with E-state index in [0.29, 0.717) is 125 Å². The van der Waals surface area contributed by atoms with E-state index in [2.05, 4.69) is 0 Å². The fraction of sp³-hybridized carbons (Fsp3) is 0.982. The minimum Gasteiger partial charge on any atom is -0.394 e. The van der Waals surface area contributed by atoms with Crippen LogP contribution >= 0.6 is 0 Å². The number of rotatable bonds is 68. The Morgan fingerprint density at radius 1 is 0.261 bits per heavy atom. The van der Waals surface area contributed by atoms with Gasteiger partial charge in [0.05, 0.1) is 216 Å². The van der Waals surface area contributed by atoms with E-state index in [1.54, 1.807) is 0 Å². The zero-order valence-corrected chi connectivity index (χ0v) is 52.8. The van der Waals surface area contributed by atoms with E-state index in [1.807, 2.05) is 0 Å². The van der Waals surface area contributed by atoms with Gasteiger partial charge in [0, 0.05) is 58.9 Å². The summed E-state index contributed by atoms with van der Waals surface area (Å²) >= 11 is 0. The average molecular weight is 1360 g/mol. The molecule has 0 aromatic carbocycles. The topological polar surface area (TPSA) is 568 Å². The van der Waals surface area contributed by atoms with Gasteiger partial charge < -0.3 is 170 Å². The van der Waals surface area contributed by atoms with Crippen LogP contribution in [0.15, 0.2) is 0 Å². The quantitative estimate of drug-likeness (QED) is 0.0251. The summed E-state index contributed by atoms with van der Waals surface area (Å²) in [7, 11) is 0. The van der Waals surface area contributed by atoms with Gasteiger partial charge in [-0.2, -0.15) is 0 Å². The van der Waals surface area contributed by atoms with Crippen LogP contribution in [0.5, 0.6) is 0 Å². The van der Waals surface area contributed by atoms with Crippen molar-refractivity contribution in [2.45, 2.75) is 104 Å². The van der Waals surface area contributed by atoms with Gasteiger partial charge in [0.25, 0.3) is 0 Å². The summed E-state index contributed by atoms with van der Waals surface area (Å²) in [5.41, 5.74) is 5.34. The van der Waals surface area contributed by atoms with Gasteiger partial charge in [0.1, 0.15) is 73.2 Å². The van der Waals surface area contributed by atoms with Gasteiger partial charge in [-0.3, -0.25) is 14.6 Å². The molecule has 0 unspecified atom stereocenters. The molecule has 0 aromatic rings. The Hall–Kier alpha value is -1.93. The first-order valence-electron chi connectivity index (χ1n) is 30.8. The highest BCUT2D eigenvalue weighted by atomic mass is 16.6. The number of hydrogen-bond donors (Lipinski definition) is 21. The van der Waals surface area contributed by atoms with Crippen molar-refractivity contribution in [2.75, 3.05) is 244 Å². The van der Waals surface area contributed by atoms with E-state index in [1.165, 1.54) is 0 Å². The Labute approximate surface area is 536 Å². The summed E-state index contributed by atoms with van der Waals surface area (Å²) in [5, 5.41) is 204. The summed E-state index contributed by atoms with van der Waals surface area (Å²) in [6, 6.07) is 0. The Bertz CT molecular complexity index is 1520. The predicted molar refractivity (Wildman–Crippen MR) is 317 cm³/mol. The molecule has 0 saturated carbocycles. The fourth-order valence-corrected chi connectivity index (χ4v) is 8.06. The molecule has 0 saturated heterocycles. The lowest BCUT2D eigenvalue weighted by atomic mass is 10.0. The van der Waals surface area contributed by atoms with Crippen LogP contribution in [0.1, 0.15) is 6.42 Å². The highest BCUT2D eigenvalue weighted by molar-refractivity contribution is 5.76. The van der Waals surface area contributed by atoms with E-state index >= 15 is 0 Å². The molecule has 1 amide bonds. The lowest BCUT2D eigenvalue weighted by molar-refractivity contribution is -0.136. The SMILES string of the molecule is NCCOCCOCCOCCOCCOCCOCCOCCOCCOCCOCCOCCOCCC(=O)N(CCN(C[C@H](O)[C@@H](O)[C@H](O)[C@H](O)CO)C[C@H](O)[C@@H](O)[C@H](O)[C@H](O)CO)CCN(C[C@H](O)[C@@H](O)[C@H](O)[C@H](O)CO)C[C@H](O)[C@@H](O)[C@H](O)[C@H](O)CO. The Balaban J connectivity index is 5.22. The fourth-order valence-electron chi connectivity index (χ4n) is 8.06. The molecule has 0 spiro atoms. The maximum Gasteiger partial charge on any atom is 0.224 e. The highest BCUT2D eigenvalue weighted by Crippen LogP contribution is 2.14. The molecule has 37 heteroatoms. The number of aliphatic hydroxyl groups is 20. The molecule has 0 aliphatic heterocycles. The van der Waals surface area contributed by atoms with Crippen molar-refractivity contribution in [1.82, 2.24) is 14.7 Å². The Kier molecular flexibility index (Phi) is 57.9. The lowest BCUT2D eigenvalue weighted by Gasteiger charge is -2.36. The van der Waals surface area contributed by atoms with Gasteiger partial charge in [0.2, 0.25) is 5.91 Å². The maximum atomic E-state index is 14.0. The molecule has 0 rings (SSSR count). The second-order valence-electron chi connectivity index (χ2n) is 21.0. The molecule has 0 aliphatic carbocycles. The van der Waals surface area contributed by atoms with Gasteiger partial charge in [-0.15, -0.1) is 0 Å². The largest absolute Gasteiger partial charge is 0.394 e. The third kappa shape index (κ3) is 44.1. The first-order chi connectivity index (χ1) is 44.1. The molecule has 92 heavy (non-hydrogen) atoms. The summed E-state index contributed by atoms with van der Waals surface area (Å²) in [6.45, 7) is 0.184. The second kappa shape index (κ2) is 59.2. The average Bonchev–Trinajstić information content (AvgIpc) is 3.04. The van der Waals surface area contributed by atoms with E-state index < -0.39 is 182 Å². The number of carbonyl (C=O) groups excluding carboxylic acids is 1. The van der Waals surface area contributed by atoms with Crippen LogP contribution in [0.2, 0.25) is 0 Å². The van der Waals surface area contributed by atoms with Crippen molar-refractivity contribution in [3.8, 4) is 0 Å². The van der Waals surface area contributed by atoms with E-state index in [9.17, 15) is 107 Å². The maximum absolute atomic E-state index is 14.0. The first kappa shape index (κ1) is 90.1. The minimum atomic E-state index is -2.14. The van der Waals surface area contributed by atoms with Gasteiger partial charge in [0.15, 0.2) is 0 Å². The van der Waals surface area contributed by atoms with Crippen molar-refractivity contribution in [1.29, 1.82) is 0 Å². The molecular formula is C55H114N4O33. The molecule has 16 atom stereocenters. The second-order valence-corrected chi connectivity index (χ2v) is 21.0. The molecular weight excluding hydrogens is 1240 g/mol.